The van der Waals surface area contributed by atoms with E-state index in [-0.39, 0.29) is 17.8 Å². The number of aromatic amines is 1. The number of anilines is 1. The molecule has 1 aromatic carbocycles. The van der Waals surface area contributed by atoms with Gasteiger partial charge >= 0.3 is 0 Å². The summed E-state index contributed by atoms with van der Waals surface area (Å²) in [5, 5.41) is 8.55. The highest BCUT2D eigenvalue weighted by Crippen LogP contribution is 2.32. The molecule has 3 aromatic heterocycles. The number of benzene rings is 1. The summed E-state index contributed by atoms with van der Waals surface area (Å²) in [4.78, 5) is 22.4. The van der Waals surface area contributed by atoms with Crippen molar-refractivity contribution in [2.45, 2.75) is 18.9 Å². The van der Waals surface area contributed by atoms with Crippen molar-refractivity contribution < 1.29 is 4.39 Å². The summed E-state index contributed by atoms with van der Waals surface area (Å²) in [6.45, 7) is 0.762. The van der Waals surface area contributed by atoms with E-state index in [0.29, 0.717) is 28.7 Å². The Morgan fingerprint density at radius 2 is 1.91 bits per heavy atom. The number of pyridine rings is 1. The van der Waals surface area contributed by atoms with E-state index < -0.39 is 0 Å². The largest absolute Gasteiger partial charge is 0.368 e. The van der Waals surface area contributed by atoms with Crippen molar-refractivity contribution in [3.05, 3.63) is 84.2 Å². The highest BCUT2D eigenvalue weighted by molar-refractivity contribution is 5.94. The maximum Gasteiger partial charge on any atom is 0.220 e. The highest BCUT2D eigenvalue weighted by Gasteiger charge is 2.27. The third-order valence-electron chi connectivity index (χ3n) is 5.75. The topological polar surface area (TPSA) is 120 Å². The summed E-state index contributed by atoms with van der Waals surface area (Å²) in [7, 11) is 0. The molecule has 1 atom stereocenters. The molecular weight excluding hydrogens is 431 g/mol. The zero-order chi connectivity index (χ0) is 23.5. The van der Waals surface area contributed by atoms with Crippen molar-refractivity contribution in [1.82, 2.24) is 29.8 Å². The minimum atomic E-state index is -0.254. The predicted molar refractivity (Wildman–Crippen MR) is 129 cm³/mol. The minimum Gasteiger partial charge on any atom is -0.368 e. The lowest BCUT2D eigenvalue weighted by molar-refractivity contribution is 0.399. The van der Waals surface area contributed by atoms with Crippen LogP contribution in [-0.4, -0.2) is 42.2 Å². The van der Waals surface area contributed by atoms with Crippen LogP contribution in [0, 0.1) is 11.2 Å². The van der Waals surface area contributed by atoms with E-state index in [0.717, 1.165) is 30.6 Å². The number of rotatable bonds is 5. The third-order valence-corrected chi connectivity index (χ3v) is 5.75. The molecule has 4 N–H and O–H groups in total. The maximum atomic E-state index is 13.7. The van der Waals surface area contributed by atoms with Gasteiger partial charge in [-0.15, -0.1) is 0 Å². The lowest BCUT2D eigenvalue weighted by atomic mass is 10.0. The van der Waals surface area contributed by atoms with Crippen LogP contribution >= 0.6 is 0 Å². The fraction of sp³-hybridized carbons (Fsp3) is 0.160. The van der Waals surface area contributed by atoms with Crippen LogP contribution in [0.25, 0.3) is 28.9 Å². The number of nitrogens with zero attached hydrogens (tertiary/aromatic N) is 5. The number of likely N-dealkylation sites (tertiary alicyclic amines) is 1. The number of aromatic nitrogens is 5. The average molecular weight is 455 g/mol. The second-order valence-corrected chi connectivity index (χ2v) is 8.02. The van der Waals surface area contributed by atoms with Crippen molar-refractivity contribution >= 4 is 17.9 Å². The lowest BCUT2D eigenvalue weighted by Gasteiger charge is -2.26. The maximum absolute atomic E-state index is 13.7. The molecule has 0 aliphatic carbocycles. The van der Waals surface area contributed by atoms with Gasteiger partial charge in [0.25, 0.3) is 0 Å². The molecule has 0 amide bonds. The van der Waals surface area contributed by atoms with E-state index in [4.69, 9.17) is 11.1 Å². The Hall–Kier alpha value is -4.40. The van der Waals surface area contributed by atoms with Crippen molar-refractivity contribution in [3.63, 3.8) is 0 Å². The second-order valence-electron chi connectivity index (χ2n) is 8.02. The number of nitrogen functional groups attached to an aromatic ring is 1. The van der Waals surface area contributed by atoms with Crippen molar-refractivity contribution in [2.75, 3.05) is 12.3 Å². The first-order chi connectivity index (χ1) is 16.6. The van der Waals surface area contributed by atoms with E-state index >= 15 is 0 Å². The van der Waals surface area contributed by atoms with E-state index in [1.807, 2.05) is 29.2 Å². The minimum absolute atomic E-state index is 0.00258. The van der Waals surface area contributed by atoms with Gasteiger partial charge < -0.3 is 15.6 Å². The van der Waals surface area contributed by atoms with Crippen LogP contribution in [0.3, 0.4) is 0 Å². The van der Waals surface area contributed by atoms with E-state index in [9.17, 15) is 4.39 Å². The van der Waals surface area contributed by atoms with Crippen LogP contribution in [0.15, 0.2) is 67.0 Å². The average Bonchev–Trinajstić information content (AvgIpc) is 3.53. The first-order valence-corrected chi connectivity index (χ1v) is 11.0. The molecule has 4 heterocycles. The molecule has 9 heteroatoms. The number of imidazole rings is 1. The Morgan fingerprint density at radius 1 is 1.09 bits per heavy atom. The SMILES string of the molecule is N=C(/C=C\c1ncc(-c2cccc(-c3ccnc(N)n3)n2)[nH]1)N1CCCC1c1cccc(F)c1. The normalized spacial score (nSPS) is 15.8. The molecule has 1 fully saturated rings. The highest BCUT2D eigenvalue weighted by atomic mass is 19.1. The fourth-order valence-electron chi connectivity index (χ4n) is 4.16. The van der Waals surface area contributed by atoms with Gasteiger partial charge in [0.1, 0.15) is 17.5 Å². The molecule has 34 heavy (non-hydrogen) atoms. The Kier molecular flexibility index (Phi) is 5.82. The Bertz CT molecular complexity index is 1360. The van der Waals surface area contributed by atoms with Crippen LogP contribution in [0.1, 0.15) is 30.3 Å². The smallest absolute Gasteiger partial charge is 0.220 e. The molecule has 1 saturated heterocycles. The number of hydrogen-bond donors (Lipinski definition) is 3. The molecule has 8 nitrogen and oxygen atoms in total. The molecule has 0 bridgehead atoms. The second kappa shape index (κ2) is 9.22. The van der Waals surface area contributed by atoms with Crippen LogP contribution in [-0.2, 0) is 0 Å². The number of nitrogens with two attached hydrogens (primary N) is 1. The van der Waals surface area contributed by atoms with Gasteiger partial charge in [0.2, 0.25) is 5.95 Å². The Balaban J connectivity index is 1.31. The fourth-order valence-corrected chi connectivity index (χ4v) is 4.16. The molecule has 4 aromatic rings. The molecule has 0 radical (unpaired) electrons. The third kappa shape index (κ3) is 4.54. The zero-order valence-corrected chi connectivity index (χ0v) is 18.3. The number of H-pyrrole nitrogens is 1. The van der Waals surface area contributed by atoms with Crippen molar-refractivity contribution in [3.8, 4) is 22.8 Å². The monoisotopic (exact) mass is 454 g/mol. The van der Waals surface area contributed by atoms with Gasteiger partial charge in [-0.2, -0.15) is 0 Å². The van der Waals surface area contributed by atoms with Crippen molar-refractivity contribution in [1.29, 1.82) is 5.41 Å². The molecule has 0 spiro atoms. The standard InChI is InChI=1S/C25H23FN8/c26-17-5-1-4-16(14-17)22-8-3-13-34(22)23(27)9-10-24-30-15-21(32-24)19-7-2-6-18(31-19)20-11-12-29-25(28)33-20/h1-2,4-7,9-12,14-15,22,27H,3,8,13H2,(H,30,32)(H2,28,29,33)/b10-9-,27-23?. The quantitative estimate of drug-likeness (QED) is 0.302. The predicted octanol–water partition coefficient (Wildman–Crippen LogP) is 4.48. The van der Waals surface area contributed by atoms with Gasteiger partial charge in [0.15, 0.2) is 0 Å². The summed E-state index contributed by atoms with van der Waals surface area (Å²) >= 11 is 0. The van der Waals surface area contributed by atoms with E-state index in [1.54, 1.807) is 42.7 Å². The first-order valence-electron chi connectivity index (χ1n) is 11.0. The number of hydrogen-bond acceptors (Lipinski definition) is 6. The van der Waals surface area contributed by atoms with Gasteiger partial charge in [-0.25, -0.2) is 24.3 Å². The van der Waals surface area contributed by atoms with Crippen LogP contribution in [0.2, 0.25) is 0 Å². The zero-order valence-electron chi connectivity index (χ0n) is 18.3. The number of nitrogens with one attached hydrogen (secondary N) is 2. The van der Waals surface area contributed by atoms with Crippen LogP contribution < -0.4 is 5.73 Å². The number of amidine groups is 1. The lowest BCUT2D eigenvalue weighted by Crippen LogP contribution is -2.28. The van der Waals surface area contributed by atoms with E-state index in [1.165, 1.54) is 6.07 Å². The molecular formula is C25H23FN8. The van der Waals surface area contributed by atoms with E-state index in [2.05, 4.69) is 24.9 Å². The van der Waals surface area contributed by atoms with Gasteiger partial charge in [-0.05, 0) is 60.9 Å². The van der Waals surface area contributed by atoms with Gasteiger partial charge in [-0.1, -0.05) is 18.2 Å². The summed E-state index contributed by atoms with van der Waals surface area (Å²) in [5.41, 5.74) is 9.36. The van der Waals surface area contributed by atoms with Crippen LogP contribution in [0.5, 0.6) is 0 Å². The summed E-state index contributed by atoms with van der Waals surface area (Å²) in [5.74, 6) is 0.917. The Labute approximate surface area is 196 Å². The van der Waals surface area contributed by atoms with Crippen LogP contribution in [0.4, 0.5) is 10.3 Å². The summed E-state index contributed by atoms with van der Waals surface area (Å²) < 4.78 is 13.7. The molecule has 1 aliphatic rings. The van der Waals surface area contributed by atoms with Gasteiger partial charge in [0, 0.05) is 12.7 Å². The van der Waals surface area contributed by atoms with Gasteiger partial charge in [0.05, 0.1) is 35.0 Å². The molecule has 5 rings (SSSR count). The molecule has 1 unspecified atom stereocenters. The number of halogens is 1. The first kappa shape index (κ1) is 21.4. The molecule has 170 valence electrons. The molecule has 0 saturated carbocycles. The van der Waals surface area contributed by atoms with Crippen molar-refractivity contribution in [2.24, 2.45) is 0 Å². The van der Waals surface area contributed by atoms with Gasteiger partial charge in [-0.3, -0.25) is 5.41 Å². The summed E-state index contributed by atoms with van der Waals surface area (Å²) in [6.07, 6.45) is 8.64. The molecule has 1 aliphatic heterocycles. The Morgan fingerprint density at radius 3 is 2.76 bits per heavy atom. The summed E-state index contributed by atoms with van der Waals surface area (Å²) in [6, 6.07) is 14.0.